The topological polar surface area (TPSA) is 124 Å². The van der Waals surface area contributed by atoms with Gasteiger partial charge < -0.3 is 14.9 Å². The van der Waals surface area contributed by atoms with E-state index in [4.69, 9.17) is 14.9 Å². The van der Waals surface area contributed by atoms with Gasteiger partial charge in [-0.25, -0.2) is 24.9 Å². The zero-order valence-electron chi connectivity index (χ0n) is 17.3. The summed E-state index contributed by atoms with van der Waals surface area (Å²) in [7, 11) is 0. The van der Waals surface area contributed by atoms with E-state index in [1.165, 1.54) is 11.3 Å². The van der Waals surface area contributed by atoms with E-state index in [1.807, 2.05) is 35.0 Å². The number of nitrogens with one attached hydrogen (secondary N) is 1. The number of pyridine rings is 1. The van der Waals surface area contributed by atoms with Gasteiger partial charge in [0.05, 0.1) is 23.6 Å². The molecule has 10 heteroatoms. The highest BCUT2D eigenvalue weighted by atomic mass is 16.5. The van der Waals surface area contributed by atoms with Crippen LogP contribution in [0.5, 0.6) is 0 Å². The van der Waals surface area contributed by atoms with Crippen molar-refractivity contribution in [3.63, 3.8) is 0 Å². The maximum Gasteiger partial charge on any atom is 0.333 e. The van der Waals surface area contributed by atoms with Gasteiger partial charge in [-0.15, -0.1) is 0 Å². The van der Waals surface area contributed by atoms with Crippen molar-refractivity contribution in [2.75, 3.05) is 11.6 Å². The molecule has 1 aliphatic heterocycles. The van der Waals surface area contributed by atoms with E-state index in [-0.39, 0.29) is 6.23 Å². The molecule has 1 atom stereocenters. The maximum absolute atomic E-state index is 12.2. The van der Waals surface area contributed by atoms with Crippen molar-refractivity contribution in [2.24, 2.45) is 5.73 Å². The molecule has 4 aromatic rings. The van der Waals surface area contributed by atoms with Crippen LogP contribution in [0, 0.1) is 0 Å². The molecule has 3 N–H and O–H groups in total. The molecular weight excluding hydrogens is 410 g/mol. The Labute approximate surface area is 184 Å². The van der Waals surface area contributed by atoms with Crippen LogP contribution in [0.3, 0.4) is 0 Å². The number of benzene rings is 1. The molecular formula is C22H23N7O3. The van der Waals surface area contributed by atoms with E-state index in [0.29, 0.717) is 23.8 Å². The monoisotopic (exact) mass is 433 g/mol. The summed E-state index contributed by atoms with van der Waals surface area (Å²) in [5, 5.41) is 6.73. The van der Waals surface area contributed by atoms with Gasteiger partial charge in [-0.2, -0.15) is 5.10 Å². The number of nitrogens with two attached hydrogens (primary N) is 1. The summed E-state index contributed by atoms with van der Waals surface area (Å²) in [4.78, 5) is 20.6. The average molecular weight is 433 g/mol. The van der Waals surface area contributed by atoms with Crippen molar-refractivity contribution >= 4 is 22.6 Å². The molecule has 0 saturated carbocycles. The predicted octanol–water partition coefficient (Wildman–Crippen LogP) is 3.38. The minimum atomic E-state index is -0.616. The third kappa shape index (κ3) is 4.05. The van der Waals surface area contributed by atoms with Crippen molar-refractivity contribution in [2.45, 2.75) is 32.0 Å². The van der Waals surface area contributed by atoms with Crippen LogP contribution in [0.15, 0.2) is 59.6 Å². The van der Waals surface area contributed by atoms with Crippen LogP contribution in [-0.4, -0.2) is 32.4 Å². The Morgan fingerprint density at radius 3 is 2.94 bits per heavy atom. The minimum Gasteiger partial charge on any atom is -0.443 e. The number of fused-ring (bicyclic) bond motifs is 1. The van der Waals surface area contributed by atoms with Crippen LogP contribution in [0.4, 0.5) is 10.5 Å². The lowest BCUT2D eigenvalue weighted by molar-refractivity contribution is -0.0366. The van der Waals surface area contributed by atoms with E-state index in [2.05, 4.69) is 20.5 Å². The fraction of sp³-hybridized carbons (Fsp3) is 0.273. The fourth-order valence-electron chi connectivity index (χ4n) is 3.84. The smallest absolute Gasteiger partial charge is 0.333 e. The van der Waals surface area contributed by atoms with Gasteiger partial charge >= 0.3 is 6.03 Å². The summed E-state index contributed by atoms with van der Waals surface area (Å²) < 4.78 is 13.1. The van der Waals surface area contributed by atoms with Crippen molar-refractivity contribution in [3.8, 4) is 11.6 Å². The number of urea groups is 1. The van der Waals surface area contributed by atoms with Crippen molar-refractivity contribution < 1.29 is 13.9 Å². The second-order valence-electron chi connectivity index (χ2n) is 7.55. The molecule has 1 saturated heterocycles. The van der Waals surface area contributed by atoms with Crippen LogP contribution in [0.25, 0.3) is 22.5 Å². The second kappa shape index (κ2) is 8.77. The normalized spacial score (nSPS) is 16.3. The molecule has 164 valence electrons. The van der Waals surface area contributed by atoms with Gasteiger partial charge in [-0.1, -0.05) is 0 Å². The summed E-state index contributed by atoms with van der Waals surface area (Å²) in [5.74, 6) is 0.433. The van der Waals surface area contributed by atoms with Gasteiger partial charge in [0, 0.05) is 24.7 Å². The molecule has 0 spiro atoms. The number of carbonyl (C=O) groups is 1. The number of rotatable bonds is 6. The lowest BCUT2D eigenvalue weighted by atomic mass is 10.2. The number of anilines is 1. The Bertz CT molecular complexity index is 1220. The number of hydrogen-bond acceptors (Lipinski definition) is 7. The number of hydrazine groups is 1. The zero-order chi connectivity index (χ0) is 21.9. The first-order chi connectivity index (χ1) is 15.7. The van der Waals surface area contributed by atoms with E-state index < -0.39 is 6.03 Å². The quantitative estimate of drug-likeness (QED) is 0.447. The molecule has 3 aromatic heterocycles. The van der Waals surface area contributed by atoms with Crippen molar-refractivity contribution in [3.05, 3.63) is 60.7 Å². The molecule has 4 heterocycles. The molecule has 5 rings (SSSR count). The minimum absolute atomic E-state index is 0.0537. The van der Waals surface area contributed by atoms with Gasteiger partial charge in [0.2, 0.25) is 5.89 Å². The lowest BCUT2D eigenvalue weighted by Crippen LogP contribution is -2.45. The van der Waals surface area contributed by atoms with Gasteiger partial charge in [0.25, 0.3) is 0 Å². The number of hydrogen-bond donors (Lipinski definition) is 2. The van der Waals surface area contributed by atoms with Gasteiger partial charge in [0.1, 0.15) is 12.0 Å². The molecule has 0 radical (unpaired) electrons. The Balaban J connectivity index is 1.35. The first kappa shape index (κ1) is 20.2. The highest BCUT2D eigenvalue weighted by Crippen LogP contribution is 2.28. The number of oxazole rings is 1. The molecule has 1 aliphatic rings. The van der Waals surface area contributed by atoms with E-state index in [0.717, 1.165) is 42.3 Å². The average Bonchev–Trinajstić information content (AvgIpc) is 3.50. The lowest BCUT2D eigenvalue weighted by Gasteiger charge is -2.24. The molecule has 1 unspecified atom stereocenters. The fourth-order valence-corrected chi connectivity index (χ4v) is 3.84. The Hall–Kier alpha value is -3.76. The highest BCUT2D eigenvalue weighted by molar-refractivity contribution is 5.93. The second-order valence-corrected chi connectivity index (χ2v) is 7.55. The third-order valence-electron chi connectivity index (χ3n) is 5.40. The number of aromatic nitrogens is 4. The Morgan fingerprint density at radius 1 is 1.22 bits per heavy atom. The standard InChI is InChI=1S/C22H23N7O3/c23-22(30)28(26-13-15-6-7-24-18(11-15)21-25-8-10-32-21)17-4-5-19-16(12-17)14-27-29(19)20-3-1-2-9-31-20/h4-8,10-12,14,20,26H,1-3,9,13H2,(H2,23,30). The van der Waals surface area contributed by atoms with Crippen LogP contribution < -0.4 is 16.2 Å². The van der Waals surface area contributed by atoms with Crippen molar-refractivity contribution in [1.29, 1.82) is 0 Å². The van der Waals surface area contributed by atoms with Crippen LogP contribution in [-0.2, 0) is 11.3 Å². The Morgan fingerprint density at radius 2 is 2.16 bits per heavy atom. The number of ether oxygens (including phenoxy) is 1. The van der Waals surface area contributed by atoms with Crippen LogP contribution >= 0.6 is 0 Å². The van der Waals surface area contributed by atoms with Crippen LogP contribution in [0.2, 0.25) is 0 Å². The maximum atomic E-state index is 12.2. The summed E-state index contributed by atoms with van der Waals surface area (Å²) in [6.45, 7) is 1.10. The van der Waals surface area contributed by atoms with E-state index >= 15 is 0 Å². The molecule has 1 fully saturated rings. The first-order valence-corrected chi connectivity index (χ1v) is 10.5. The number of carbonyl (C=O) groups excluding carboxylic acids is 1. The molecule has 0 aliphatic carbocycles. The van der Waals surface area contributed by atoms with E-state index in [1.54, 1.807) is 18.6 Å². The predicted molar refractivity (Wildman–Crippen MR) is 117 cm³/mol. The molecule has 10 nitrogen and oxygen atoms in total. The Kier molecular flexibility index (Phi) is 5.53. The largest absolute Gasteiger partial charge is 0.443 e. The SMILES string of the molecule is NC(=O)N(NCc1ccnc(-c2ncco2)c1)c1ccc2c(cnn2C2CCCCO2)c1. The summed E-state index contributed by atoms with van der Waals surface area (Å²) in [6.07, 6.45) is 9.59. The highest BCUT2D eigenvalue weighted by Gasteiger charge is 2.20. The summed E-state index contributed by atoms with van der Waals surface area (Å²) in [5.41, 5.74) is 11.8. The first-order valence-electron chi connectivity index (χ1n) is 10.5. The third-order valence-corrected chi connectivity index (χ3v) is 5.40. The summed E-state index contributed by atoms with van der Waals surface area (Å²) >= 11 is 0. The number of amides is 2. The number of primary amides is 1. The van der Waals surface area contributed by atoms with Gasteiger partial charge in [-0.3, -0.25) is 4.98 Å². The molecule has 32 heavy (non-hydrogen) atoms. The molecule has 2 amide bonds. The van der Waals surface area contributed by atoms with Gasteiger partial charge in [-0.05, 0) is 55.2 Å². The van der Waals surface area contributed by atoms with Crippen molar-refractivity contribution in [1.82, 2.24) is 25.2 Å². The molecule has 0 bridgehead atoms. The van der Waals surface area contributed by atoms with Gasteiger partial charge in [0.15, 0.2) is 6.23 Å². The van der Waals surface area contributed by atoms with E-state index in [9.17, 15) is 4.79 Å². The number of nitrogens with zero attached hydrogens (tertiary/aromatic N) is 5. The van der Waals surface area contributed by atoms with Crippen LogP contribution in [0.1, 0.15) is 31.1 Å². The molecule has 1 aromatic carbocycles. The summed E-state index contributed by atoms with van der Waals surface area (Å²) in [6, 6.07) is 8.72. The zero-order valence-corrected chi connectivity index (χ0v) is 17.3.